The van der Waals surface area contributed by atoms with Gasteiger partial charge < -0.3 is 9.47 Å². The van der Waals surface area contributed by atoms with Gasteiger partial charge in [0.15, 0.2) is 6.61 Å². The van der Waals surface area contributed by atoms with E-state index >= 15 is 0 Å². The number of hydrogen-bond donors (Lipinski definition) is 0. The lowest BCUT2D eigenvalue weighted by molar-refractivity contribution is -0.136. The Morgan fingerprint density at radius 2 is 1.74 bits per heavy atom. The Morgan fingerprint density at radius 1 is 1.06 bits per heavy atom. The monoisotopic (exact) mass is 451 g/mol. The predicted molar refractivity (Wildman–Crippen MR) is 107 cm³/mol. The third-order valence-corrected chi connectivity index (χ3v) is 6.39. The van der Waals surface area contributed by atoms with Gasteiger partial charge in [0.05, 0.1) is 23.7 Å². The fraction of sp³-hybridized carbons (Fsp3) is 0.238. The fourth-order valence-electron chi connectivity index (χ4n) is 2.82. The van der Waals surface area contributed by atoms with E-state index in [1.165, 1.54) is 34.6 Å². The first kappa shape index (κ1) is 22.7. The minimum absolute atomic E-state index is 0.122. The molecule has 0 spiro atoms. The van der Waals surface area contributed by atoms with Crippen LogP contribution in [0.25, 0.3) is 6.08 Å². The molecule has 3 rings (SSSR count). The van der Waals surface area contributed by atoms with Crippen molar-refractivity contribution < 1.29 is 36.3 Å². The molecule has 0 radical (unpaired) electrons. The van der Waals surface area contributed by atoms with Crippen molar-refractivity contribution in [1.29, 1.82) is 0 Å². The summed E-state index contributed by atoms with van der Waals surface area (Å²) in [4.78, 5) is 23.8. The Morgan fingerprint density at radius 3 is 2.42 bits per heavy atom. The number of ketones is 1. The number of halogens is 2. The molecule has 0 unspecified atom stereocenters. The van der Waals surface area contributed by atoms with Gasteiger partial charge in [-0.05, 0) is 42.0 Å². The van der Waals surface area contributed by atoms with Crippen LogP contribution in [0.3, 0.4) is 0 Å². The lowest BCUT2D eigenvalue weighted by Gasteiger charge is -2.26. The SMILES string of the molecule is O=C(/C=C/c1ccc(S(=O)(=O)N2CCOCC2)cc1)OCC(=O)c1cc(F)ccc1F. The van der Waals surface area contributed by atoms with Crippen molar-refractivity contribution in [2.24, 2.45) is 0 Å². The second-order valence-corrected chi connectivity index (χ2v) is 8.51. The standard InChI is InChI=1S/C21H19F2NO6S/c22-16-4-7-19(23)18(13-16)20(25)14-30-21(26)8-3-15-1-5-17(6-2-15)31(27,28)24-9-11-29-12-10-24/h1-8,13H,9-12,14H2/b8-3+. The molecular weight excluding hydrogens is 432 g/mol. The molecule has 10 heteroatoms. The topological polar surface area (TPSA) is 90.0 Å². The number of nitrogens with zero attached hydrogens (tertiary/aromatic N) is 1. The molecule has 0 atom stereocenters. The number of morpholine rings is 1. The van der Waals surface area contributed by atoms with E-state index in [2.05, 4.69) is 0 Å². The van der Waals surface area contributed by atoms with Crippen LogP contribution in [0.4, 0.5) is 8.78 Å². The summed E-state index contributed by atoms with van der Waals surface area (Å²) < 4.78 is 63.1. The van der Waals surface area contributed by atoms with Gasteiger partial charge in [0.25, 0.3) is 0 Å². The maximum absolute atomic E-state index is 13.6. The number of carbonyl (C=O) groups is 2. The Bertz CT molecular complexity index is 1090. The first-order valence-electron chi connectivity index (χ1n) is 9.28. The summed E-state index contributed by atoms with van der Waals surface area (Å²) in [7, 11) is -3.62. The molecule has 0 aliphatic carbocycles. The van der Waals surface area contributed by atoms with E-state index in [1.807, 2.05) is 0 Å². The molecule has 164 valence electrons. The molecule has 1 saturated heterocycles. The molecular formula is C21H19F2NO6S. The van der Waals surface area contributed by atoms with E-state index in [-0.39, 0.29) is 18.0 Å². The number of sulfonamides is 1. The van der Waals surface area contributed by atoms with Gasteiger partial charge in [-0.25, -0.2) is 22.0 Å². The van der Waals surface area contributed by atoms with E-state index in [1.54, 1.807) is 0 Å². The number of benzene rings is 2. The van der Waals surface area contributed by atoms with Gasteiger partial charge in [-0.3, -0.25) is 4.79 Å². The first-order valence-corrected chi connectivity index (χ1v) is 10.7. The summed E-state index contributed by atoms with van der Waals surface area (Å²) in [5.41, 5.74) is 0.0224. The lowest BCUT2D eigenvalue weighted by Crippen LogP contribution is -2.40. The van der Waals surface area contributed by atoms with Crippen molar-refractivity contribution in [3.8, 4) is 0 Å². The third kappa shape index (κ3) is 5.81. The smallest absolute Gasteiger partial charge is 0.331 e. The Balaban J connectivity index is 1.57. The van der Waals surface area contributed by atoms with Crippen LogP contribution in [0.15, 0.2) is 53.4 Å². The van der Waals surface area contributed by atoms with Crippen molar-refractivity contribution in [3.05, 3.63) is 71.3 Å². The summed E-state index contributed by atoms with van der Waals surface area (Å²) in [6.07, 6.45) is 2.42. The largest absolute Gasteiger partial charge is 0.454 e. The second-order valence-electron chi connectivity index (χ2n) is 6.57. The van der Waals surface area contributed by atoms with Gasteiger partial charge in [0, 0.05) is 19.2 Å². The van der Waals surface area contributed by atoms with E-state index in [0.29, 0.717) is 18.8 Å². The van der Waals surface area contributed by atoms with Gasteiger partial charge in [0.1, 0.15) is 11.6 Å². The van der Waals surface area contributed by atoms with E-state index in [9.17, 15) is 26.8 Å². The zero-order valence-corrected chi connectivity index (χ0v) is 17.1. The molecule has 0 saturated carbocycles. The van der Waals surface area contributed by atoms with Gasteiger partial charge >= 0.3 is 5.97 Å². The highest BCUT2D eigenvalue weighted by molar-refractivity contribution is 7.89. The maximum Gasteiger partial charge on any atom is 0.331 e. The number of hydrogen-bond acceptors (Lipinski definition) is 6. The molecule has 1 aliphatic heterocycles. The zero-order chi connectivity index (χ0) is 22.4. The van der Waals surface area contributed by atoms with Crippen LogP contribution in [-0.4, -0.2) is 57.4 Å². The molecule has 2 aromatic rings. The molecule has 2 aromatic carbocycles. The summed E-state index contributed by atoms with van der Waals surface area (Å²) >= 11 is 0. The van der Waals surface area contributed by atoms with Crippen LogP contribution in [0.5, 0.6) is 0 Å². The predicted octanol–water partition coefficient (Wildman–Crippen LogP) is 2.43. The quantitative estimate of drug-likeness (QED) is 0.365. The van der Waals surface area contributed by atoms with Crippen LogP contribution in [0, 0.1) is 11.6 Å². The number of rotatable bonds is 7. The Hall–Kier alpha value is -2.95. The van der Waals surface area contributed by atoms with Crippen LogP contribution in [-0.2, 0) is 24.3 Å². The van der Waals surface area contributed by atoms with Crippen molar-refractivity contribution >= 4 is 27.9 Å². The minimum atomic E-state index is -3.62. The molecule has 0 bridgehead atoms. The van der Waals surface area contributed by atoms with E-state index in [4.69, 9.17) is 9.47 Å². The van der Waals surface area contributed by atoms with Gasteiger partial charge in [-0.15, -0.1) is 0 Å². The summed E-state index contributed by atoms with van der Waals surface area (Å²) in [5.74, 6) is -3.44. The zero-order valence-electron chi connectivity index (χ0n) is 16.3. The highest BCUT2D eigenvalue weighted by Crippen LogP contribution is 2.18. The van der Waals surface area contributed by atoms with Crippen molar-refractivity contribution in [2.75, 3.05) is 32.9 Å². The minimum Gasteiger partial charge on any atom is -0.454 e. The average Bonchev–Trinajstić information content (AvgIpc) is 2.78. The maximum atomic E-state index is 13.6. The van der Waals surface area contributed by atoms with E-state index < -0.39 is 45.6 Å². The molecule has 0 N–H and O–H groups in total. The molecule has 1 aliphatic rings. The summed E-state index contributed by atoms with van der Waals surface area (Å²) in [5, 5.41) is 0. The van der Waals surface area contributed by atoms with Gasteiger partial charge in [-0.2, -0.15) is 4.31 Å². The number of carbonyl (C=O) groups excluding carboxylic acids is 2. The number of esters is 1. The van der Waals surface area contributed by atoms with Gasteiger partial charge in [-0.1, -0.05) is 12.1 Å². The molecule has 1 fully saturated rings. The van der Waals surface area contributed by atoms with Crippen LogP contribution < -0.4 is 0 Å². The van der Waals surface area contributed by atoms with E-state index in [0.717, 1.165) is 24.3 Å². The van der Waals surface area contributed by atoms with Crippen LogP contribution >= 0.6 is 0 Å². The molecule has 31 heavy (non-hydrogen) atoms. The number of ether oxygens (including phenoxy) is 2. The normalized spacial score (nSPS) is 15.2. The highest BCUT2D eigenvalue weighted by Gasteiger charge is 2.26. The van der Waals surface area contributed by atoms with Crippen molar-refractivity contribution in [2.45, 2.75) is 4.90 Å². The first-order chi connectivity index (χ1) is 14.8. The Kier molecular flexibility index (Phi) is 7.26. The lowest BCUT2D eigenvalue weighted by atomic mass is 10.1. The molecule has 0 amide bonds. The fourth-order valence-corrected chi connectivity index (χ4v) is 4.23. The second kappa shape index (κ2) is 9.90. The van der Waals surface area contributed by atoms with Gasteiger partial charge in [0.2, 0.25) is 15.8 Å². The van der Waals surface area contributed by atoms with Crippen molar-refractivity contribution in [3.63, 3.8) is 0 Å². The number of Topliss-reactive ketones (excluding diaryl/α,β-unsaturated/α-hetero) is 1. The molecule has 7 nitrogen and oxygen atoms in total. The Labute approximate surface area is 177 Å². The van der Waals surface area contributed by atoms with Crippen LogP contribution in [0.2, 0.25) is 0 Å². The highest BCUT2D eigenvalue weighted by atomic mass is 32.2. The summed E-state index contributed by atoms with van der Waals surface area (Å²) in [6.45, 7) is 0.509. The summed E-state index contributed by atoms with van der Waals surface area (Å²) in [6, 6.07) is 8.30. The van der Waals surface area contributed by atoms with Crippen LogP contribution in [0.1, 0.15) is 15.9 Å². The molecule has 1 heterocycles. The average molecular weight is 451 g/mol. The van der Waals surface area contributed by atoms with Crippen molar-refractivity contribution in [1.82, 2.24) is 4.31 Å². The molecule has 0 aromatic heterocycles. The third-order valence-electron chi connectivity index (χ3n) is 4.47.